The molecule has 0 amide bonds. The van der Waals surface area contributed by atoms with E-state index in [0.717, 1.165) is 10.4 Å². The minimum Gasteiger partial charge on any atom is -0.452 e. The fraction of sp³-hybridized carbons (Fsp3) is 0.167. The van der Waals surface area contributed by atoms with E-state index in [-0.39, 0.29) is 6.04 Å². The standard InChI is InChI=1S/C12H11BrINO/c1-15-12(10-6-7-11(13)16-10)8-4-2-3-5-9(8)14/h2-7,12,15H,1H3. The van der Waals surface area contributed by atoms with Gasteiger partial charge in [0.05, 0.1) is 6.04 Å². The Balaban J connectivity index is 2.40. The minimum atomic E-state index is 0.0967. The van der Waals surface area contributed by atoms with Crippen LogP contribution in [-0.4, -0.2) is 7.05 Å². The molecule has 84 valence electrons. The number of furan rings is 1. The highest BCUT2D eigenvalue weighted by molar-refractivity contribution is 14.1. The van der Waals surface area contributed by atoms with Crippen LogP contribution in [0.3, 0.4) is 0 Å². The van der Waals surface area contributed by atoms with Gasteiger partial charge < -0.3 is 9.73 Å². The van der Waals surface area contributed by atoms with Gasteiger partial charge in [0, 0.05) is 3.57 Å². The van der Waals surface area contributed by atoms with Crippen molar-refractivity contribution < 1.29 is 4.42 Å². The van der Waals surface area contributed by atoms with Crippen molar-refractivity contribution in [2.24, 2.45) is 0 Å². The normalized spacial score (nSPS) is 12.7. The van der Waals surface area contributed by atoms with Crippen molar-refractivity contribution in [1.29, 1.82) is 0 Å². The topological polar surface area (TPSA) is 25.2 Å². The average molecular weight is 392 g/mol. The van der Waals surface area contributed by atoms with E-state index < -0.39 is 0 Å². The zero-order valence-electron chi connectivity index (χ0n) is 8.71. The molecule has 0 fully saturated rings. The Bertz CT molecular complexity index is 483. The van der Waals surface area contributed by atoms with Crippen molar-refractivity contribution in [3.63, 3.8) is 0 Å². The molecule has 1 unspecified atom stereocenters. The summed E-state index contributed by atoms with van der Waals surface area (Å²) in [7, 11) is 1.93. The smallest absolute Gasteiger partial charge is 0.169 e. The van der Waals surface area contributed by atoms with E-state index in [2.05, 4.69) is 56.0 Å². The van der Waals surface area contributed by atoms with Gasteiger partial charge in [-0.15, -0.1) is 0 Å². The van der Waals surface area contributed by atoms with Gasteiger partial charge in [-0.25, -0.2) is 0 Å². The minimum absolute atomic E-state index is 0.0967. The van der Waals surface area contributed by atoms with Crippen LogP contribution in [0.1, 0.15) is 17.4 Å². The summed E-state index contributed by atoms with van der Waals surface area (Å²) in [4.78, 5) is 0. The summed E-state index contributed by atoms with van der Waals surface area (Å²) in [6, 6.07) is 12.3. The molecule has 4 heteroatoms. The molecule has 0 aliphatic rings. The highest BCUT2D eigenvalue weighted by atomic mass is 127. The third-order valence-corrected chi connectivity index (χ3v) is 3.79. The van der Waals surface area contributed by atoms with Crippen LogP contribution in [0.25, 0.3) is 0 Å². The highest BCUT2D eigenvalue weighted by Crippen LogP contribution is 2.28. The van der Waals surface area contributed by atoms with E-state index in [1.54, 1.807) is 0 Å². The second kappa shape index (κ2) is 5.33. The quantitative estimate of drug-likeness (QED) is 0.801. The molecule has 1 N–H and O–H groups in total. The van der Waals surface area contributed by atoms with Crippen LogP contribution < -0.4 is 5.32 Å². The van der Waals surface area contributed by atoms with Crippen molar-refractivity contribution >= 4 is 38.5 Å². The van der Waals surface area contributed by atoms with Gasteiger partial charge in [-0.05, 0) is 69.3 Å². The molecule has 2 aromatic rings. The molecule has 0 aliphatic carbocycles. The fourth-order valence-electron chi connectivity index (χ4n) is 1.64. The van der Waals surface area contributed by atoms with Crippen molar-refractivity contribution in [1.82, 2.24) is 5.32 Å². The van der Waals surface area contributed by atoms with Crippen LogP contribution in [0.5, 0.6) is 0 Å². The van der Waals surface area contributed by atoms with Gasteiger partial charge in [-0.3, -0.25) is 0 Å². The maximum absolute atomic E-state index is 5.60. The van der Waals surface area contributed by atoms with E-state index in [1.165, 1.54) is 9.13 Å². The summed E-state index contributed by atoms with van der Waals surface area (Å²) >= 11 is 5.66. The van der Waals surface area contributed by atoms with Crippen LogP contribution in [0.4, 0.5) is 0 Å². The molecule has 0 radical (unpaired) electrons. The zero-order valence-corrected chi connectivity index (χ0v) is 12.4. The summed E-state index contributed by atoms with van der Waals surface area (Å²) < 4.78 is 7.58. The molecule has 1 heterocycles. The van der Waals surface area contributed by atoms with Gasteiger partial charge >= 0.3 is 0 Å². The largest absolute Gasteiger partial charge is 0.452 e. The third-order valence-electron chi connectivity index (χ3n) is 2.38. The molecule has 0 bridgehead atoms. The predicted molar refractivity (Wildman–Crippen MR) is 76.5 cm³/mol. The van der Waals surface area contributed by atoms with Crippen molar-refractivity contribution in [3.8, 4) is 0 Å². The van der Waals surface area contributed by atoms with Crippen molar-refractivity contribution in [2.75, 3.05) is 7.05 Å². The fourth-order valence-corrected chi connectivity index (χ4v) is 2.66. The summed E-state index contributed by atoms with van der Waals surface area (Å²) in [6.45, 7) is 0. The lowest BCUT2D eigenvalue weighted by Crippen LogP contribution is -2.18. The summed E-state index contributed by atoms with van der Waals surface area (Å²) in [6.07, 6.45) is 0. The van der Waals surface area contributed by atoms with Crippen LogP contribution in [0.2, 0.25) is 0 Å². The predicted octanol–water partition coefficient (Wildman–Crippen LogP) is 3.96. The molecule has 2 rings (SSSR count). The molecule has 16 heavy (non-hydrogen) atoms. The maximum atomic E-state index is 5.60. The van der Waals surface area contributed by atoms with E-state index in [0.29, 0.717) is 0 Å². The average Bonchev–Trinajstić information content (AvgIpc) is 2.69. The first kappa shape index (κ1) is 12.1. The summed E-state index contributed by atoms with van der Waals surface area (Å²) in [5.41, 5.74) is 1.23. The second-order valence-electron chi connectivity index (χ2n) is 3.39. The molecule has 0 spiro atoms. The lowest BCUT2D eigenvalue weighted by Gasteiger charge is -2.15. The van der Waals surface area contributed by atoms with Gasteiger partial charge in [0.1, 0.15) is 5.76 Å². The Morgan fingerprint density at radius 2 is 2.00 bits per heavy atom. The molecular formula is C12H11BrINO. The molecule has 2 nitrogen and oxygen atoms in total. The molecular weight excluding hydrogens is 381 g/mol. The lowest BCUT2D eigenvalue weighted by atomic mass is 10.1. The van der Waals surface area contributed by atoms with Gasteiger partial charge in [0.25, 0.3) is 0 Å². The monoisotopic (exact) mass is 391 g/mol. The van der Waals surface area contributed by atoms with Crippen LogP contribution in [0, 0.1) is 3.57 Å². The molecule has 1 aromatic carbocycles. The molecule has 0 saturated heterocycles. The van der Waals surface area contributed by atoms with E-state index >= 15 is 0 Å². The highest BCUT2D eigenvalue weighted by Gasteiger charge is 2.17. The number of benzene rings is 1. The van der Waals surface area contributed by atoms with Gasteiger partial charge in [-0.1, -0.05) is 18.2 Å². The van der Waals surface area contributed by atoms with Gasteiger partial charge in [0.2, 0.25) is 0 Å². The summed E-state index contributed by atoms with van der Waals surface area (Å²) in [5, 5.41) is 3.27. The Hall–Kier alpha value is -0.330. The zero-order chi connectivity index (χ0) is 11.5. The first-order valence-electron chi connectivity index (χ1n) is 4.89. The van der Waals surface area contributed by atoms with Gasteiger partial charge in [0.15, 0.2) is 4.67 Å². The molecule has 0 saturated carbocycles. The Morgan fingerprint density at radius 3 is 2.56 bits per heavy atom. The van der Waals surface area contributed by atoms with Crippen molar-refractivity contribution in [2.45, 2.75) is 6.04 Å². The summed E-state index contributed by atoms with van der Waals surface area (Å²) in [5.74, 6) is 0.915. The van der Waals surface area contributed by atoms with E-state index in [1.807, 2.05) is 31.3 Å². The number of rotatable bonds is 3. The van der Waals surface area contributed by atoms with E-state index in [9.17, 15) is 0 Å². The van der Waals surface area contributed by atoms with Crippen LogP contribution >= 0.6 is 38.5 Å². The number of halogens is 2. The molecule has 1 atom stereocenters. The number of hydrogen-bond acceptors (Lipinski definition) is 2. The maximum Gasteiger partial charge on any atom is 0.169 e. The van der Waals surface area contributed by atoms with E-state index in [4.69, 9.17) is 4.42 Å². The third kappa shape index (κ3) is 2.49. The first-order valence-corrected chi connectivity index (χ1v) is 6.76. The first-order chi connectivity index (χ1) is 7.72. The molecule has 0 aliphatic heterocycles. The SMILES string of the molecule is CNC(c1ccc(Br)o1)c1ccccc1I. The van der Waals surface area contributed by atoms with Gasteiger partial charge in [-0.2, -0.15) is 0 Å². The van der Waals surface area contributed by atoms with Crippen LogP contribution in [-0.2, 0) is 0 Å². The second-order valence-corrected chi connectivity index (χ2v) is 5.33. The van der Waals surface area contributed by atoms with Crippen LogP contribution in [0.15, 0.2) is 45.5 Å². The molecule has 1 aromatic heterocycles. The van der Waals surface area contributed by atoms with Crippen molar-refractivity contribution in [3.05, 3.63) is 56.0 Å². The number of hydrogen-bond donors (Lipinski definition) is 1. The Morgan fingerprint density at radius 1 is 1.25 bits per heavy atom. The Labute approximate surface area is 117 Å². The number of nitrogens with one attached hydrogen (secondary N) is 1. The lowest BCUT2D eigenvalue weighted by molar-refractivity contribution is 0.446. The Kier molecular flexibility index (Phi) is 4.05.